The molecule has 7 nitrogen and oxygen atoms in total. The van der Waals surface area contributed by atoms with Crippen molar-refractivity contribution in [2.75, 3.05) is 26.2 Å². The summed E-state index contributed by atoms with van der Waals surface area (Å²) in [5.41, 5.74) is -0.610. The predicted octanol–water partition coefficient (Wildman–Crippen LogP) is 2.34. The van der Waals surface area contributed by atoms with E-state index in [1.165, 1.54) is 11.3 Å². The average molecular weight is 403 g/mol. The van der Waals surface area contributed by atoms with E-state index in [9.17, 15) is 9.59 Å². The Labute approximate surface area is 168 Å². The smallest absolute Gasteiger partial charge is 0.263 e. The first kappa shape index (κ1) is 19.1. The Morgan fingerprint density at radius 3 is 2.71 bits per heavy atom. The summed E-state index contributed by atoms with van der Waals surface area (Å²) in [4.78, 5) is 34.6. The molecule has 0 saturated carbocycles. The molecule has 2 aliphatic heterocycles. The molecule has 1 atom stereocenters. The zero-order valence-corrected chi connectivity index (χ0v) is 17.2. The molecule has 0 radical (unpaired) electrons. The monoisotopic (exact) mass is 402 g/mol. The number of likely N-dealkylation sites (N-methyl/N-ethyl adjacent to an activating group) is 1. The van der Waals surface area contributed by atoms with Crippen LogP contribution >= 0.6 is 11.3 Å². The highest BCUT2D eigenvalue weighted by atomic mass is 32.1. The van der Waals surface area contributed by atoms with Crippen LogP contribution in [0.25, 0.3) is 0 Å². The van der Waals surface area contributed by atoms with Crippen LogP contribution in [0.1, 0.15) is 42.2 Å². The molecule has 4 heterocycles. The average Bonchev–Trinajstić information content (AvgIpc) is 3.41. The Morgan fingerprint density at radius 1 is 1.32 bits per heavy atom. The fourth-order valence-corrected chi connectivity index (χ4v) is 4.92. The first-order chi connectivity index (χ1) is 13.6. The molecule has 2 aromatic rings. The van der Waals surface area contributed by atoms with Crippen molar-refractivity contribution in [3.63, 3.8) is 0 Å². The topological polar surface area (TPSA) is 67.7 Å². The summed E-state index contributed by atoms with van der Waals surface area (Å²) < 4.78 is 8.50. The Bertz CT molecular complexity index is 836. The van der Waals surface area contributed by atoms with E-state index >= 15 is 0 Å². The number of piperidine rings is 1. The normalized spacial score (nSPS) is 20.8. The van der Waals surface area contributed by atoms with Crippen molar-refractivity contribution in [3.8, 4) is 0 Å². The lowest BCUT2D eigenvalue weighted by Gasteiger charge is -2.46. The van der Waals surface area contributed by atoms with Crippen LogP contribution in [0.15, 0.2) is 29.9 Å². The lowest BCUT2D eigenvalue weighted by atomic mass is 9.88. The van der Waals surface area contributed by atoms with E-state index in [-0.39, 0.29) is 11.8 Å². The summed E-state index contributed by atoms with van der Waals surface area (Å²) in [7, 11) is 0. The number of hydrogen-bond acceptors (Lipinski definition) is 5. The molecule has 2 aliphatic rings. The van der Waals surface area contributed by atoms with Gasteiger partial charge >= 0.3 is 0 Å². The fourth-order valence-electron chi connectivity index (χ4n) is 4.23. The maximum Gasteiger partial charge on any atom is 0.263 e. The van der Waals surface area contributed by atoms with Crippen molar-refractivity contribution in [1.82, 2.24) is 19.4 Å². The van der Waals surface area contributed by atoms with E-state index in [0.717, 1.165) is 10.7 Å². The number of imidazole rings is 1. The minimum absolute atomic E-state index is 0.0285. The third-order valence-electron chi connectivity index (χ3n) is 5.79. The fraction of sp³-hybridized carbons (Fsp3) is 0.550. The summed E-state index contributed by atoms with van der Waals surface area (Å²) in [6.07, 6.45) is 4.46. The first-order valence-electron chi connectivity index (χ1n) is 9.89. The van der Waals surface area contributed by atoms with Crippen LogP contribution in [0.5, 0.6) is 0 Å². The summed E-state index contributed by atoms with van der Waals surface area (Å²) in [5, 5.41) is 1.92. The standard InChI is InChI=1S/C20H26N4O3S/c1-3-22(4-2)17(25)15-14-24-12-9-21-19(24)20(27-15)7-10-23(11-8-20)18(26)16-6-5-13-28-16/h5-6,9,12-13,15H,3-4,7-8,10-11,14H2,1-2H3/t15-/m0/s1. The van der Waals surface area contributed by atoms with Crippen LogP contribution in [0, 0.1) is 0 Å². The van der Waals surface area contributed by atoms with Gasteiger partial charge in [-0.1, -0.05) is 6.07 Å². The quantitative estimate of drug-likeness (QED) is 0.787. The Kier molecular flexibility index (Phi) is 5.25. The molecule has 1 saturated heterocycles. The molecule has 2 amide bonds. The third kappa shape index (κ3) is 3.24. The van der Waals surface area contributed by atoms with E-state index in [1.807, 2.05) is 51.9 Å². The van der Waals surface area contributed by atoms with Crippen LogP contribution < -0.4 is 0 Å². The minimum atomic E-state index is -0.610. The van der Waals surface area contributed by atoms with Gasteiger partial charge in [0.1, 0.15) is 11.4 Å². The van der Waals surface area contributed by atoms with E-state index in [4.69, 9.17) is 4.74 Å². The van der Waals surface area contributed by atoms with Gasteiger partial charge in [0.2, 0.25) is 0 Å². The van der Waals surface area contributed by atoms with Crippen molar-refractivity contribution in [2.24, 2.45) is 0 Å². The summed E-state index contributed by atoms with van der Waals surface area (Å²) >= 11 is 1.47. The van der Waals surface area contributed by atoms with E-state index in [0.29, 0.717) is 45.6 Å². The highest BCUT2D eigenvalue weighted by Gasteiger charge is 2.48. The lowest BCUT2D eigenvalue weighted by molar-refractivity contribution is -0.179. The zero-order valence-electron chi connectivity index (χ0n) is 16.3. The number of amides is 2. The Balaban J connectivity index is 1.54. The van der Waals surface area contributed by atoms with Crippen molar-refractivity contribution in [2.45, 2.75) is 44.9 Å². The number of carbonyl (C=O) groups is 2. The number of ether oxygens (including phenoxy) is 1. The largest absolute Gasteiger partial charge is 0.352 e. The molecule has 0 N–H and O–H groups in total. The minimum Gasteiger partial charge on any atom is -0.352 e. The molecular formula is C20H26N4O3S. The van der Waals surface area contributed by atoms with Crippen LogP contribution in [0.2, 0.25) is 0 Å². The Hall–Kier alpha value is -2.19. The second kappa shape index (κ2) is 7.67. The highest BCUT2D eigenvalue weighted by Crippen LogP contribution is 2.40. The van der Waals surface area contributed by atoms with Gasteiger partial charge in [-0.2, -0.15) is 0 Å². The number of carbonyl (C=O) groups excluding carboxylic acids is 2. The second-order valence-corrected chi connectivity index (χ2v) is 8.23. The maximum absolute atomic E-state index is 13.0. The number of rotatable bonds is 4. The molecule has 2 aromatic heterocycles. The molecule has 150 valence electrons. The SMILES string of the molecule is CCN(CC)C(=O)[C@@H]1Cn2ccnc2C2(CCN(C(=O)c3cccs3)CC2)O1. The van der Waals surface area contributed by atoms with Crippen molar-refractivity contribution >= 4 is 23.2 Å². The molecule has 8 heteroatoms. The maximum atomic E-state index is 13.0. The zero-order chi connectivity index (χ0) is 19.7. The van der Waals surface area contributed by atoms with Gasteiger partial charge in [-0.25, -0.2) is 4.98 Å². The van der Waals surface area contributed by atoms with E-state index in [2.05, 4.69) is 4.98 Å². The van der Waals surface area contributed by atoms with Crippen molar-refractivity contribution in [1.29, 1.82) is 0 Å². The number of likely N-dealkylation sites (tertiary alicyclic amines) is 1. The van der Waals surface area contributed by atoms with Gasteiger partial charge in [0.05, 0.1) is 11.4 Å². The van der Waals surface area contributed by atoms with Gasteiger partial charge in [-0.05, 0) is 25.3 Å². The molecule has 28 heavy (non-hydrogen) atoms. The van der Waals surface area contributed by atoms with E-state index in [1.54, 1.807) is 6.20 Å². The van der Waals surface area contributed by atoms with Gasteiger partial charge in [-0.15, -0.1) is 11.3 Å². The molecule has 1 spiro atoms. The van der Waals surface area contributed by atoms with E-state index < -0.39 is 11.7 Å². The summed E-state index contributed by atoms with van der Waals surface area (Å²) in [5.74, 6) is 0.972. The van der Waals surface area contributed by atoms with Crippen LogP contribution in [-0.4, -0.2) is 63.4 Å². The molecule has 1 fully saturated rings. The van der Waals surface area contributed by atoms with Gasteiger partial charge < -0.3 is 19.1 Å². The highest BCUT2D eigenvalue weighted by molar-refractivity contribution is 7.12. The number of hydrogen-bond donors (Lipinski definition) is 0. The number of nitrogens with zero attached hydrogens (tertiary/aromatic N) is 4. The molecule has 0 bridgehead atoms. The molecule has 0 aliphatic carbocycles. The van der Waals surface area contributed by atoms with Crippen LogP contribution in [0.4, 0.5) is 0 Å². The van der Waals surface area contributed by atoms with Crippen molar-refractivity contribution in [3.05, 3.63) is 40.6 Å². The molecule has 4 rings (SSSR count). The number of thiophene rings is 1. The summed E-state index contributed by atoms with van der Waals surface area (Å²) in [6.45, 7) is 6.98. The number of fused-ring (bicyclic) bond motifs is 2. The summed E-state index contributed by atoms with van der Waals surface area (Å²) in [6, 6.07) is 3.76. The first-order valence-corrected chi connectivity index (χ1v) is 10.8. The number of aromatic nitrogens is 2. The van der Waals surface area contributed by atoms with Gasteiger partial charge in [-0.3, -0.25) is 9.59 Å². The van der Waals surface area contributed by atoms with Gasteiger partial charge in [0.15, 0.2) is 6.10 Å². The van der Waals surface area contributed by atoms with Gasteiger partial charge in [0.25, 0.3) is 11.8 Å². The van der Waals surface area contributed by atoms with Crippen LogP contribution in [0.3, 0.4) is 0 Å². The van der Waals surface area contributed by atoms with Crippen LogP contribution in [-0.2, 0) is 21.7 Å². The van der Waals surface area contributed by atoms with Crippen molar-refractivity contribution < 1.29 is 14.3 Å². The molecule has 0 aromatic carbocycles. The second-order valence-electron chi connectivity index (χ2n) is 7.28. The van der Waals surface area contributed by atoms with Gasteiger partial charge in [0, 0.05) is 51.4 Å². The molecule has 0 unspecified atom stereocenters. The Morgan fingerprint density at radius 2 is 2.07 bits per heavy atom. The third-order valence-corrected chi connectivity index (χ3v) is 6.65. The predicted molar refractivity (Wildman–Crippen MR) is 106 cm³/mol. The molecular weight excluding hydrogens is 376 g/mol. The lowest BCUT2D eigenvalue weighted by Crippen LogP contribution is -2.55.